The first kappa shape index (κ1) is 9.16. The number of halogens is 1. The van der Waals surface area contributed by atoms with E-state index >= 15 is 0 Å². The zero-order chi connectivity index (χ0) is 8.97. The Morgan fingerprint density at radius 3 is 2.33 bits per heavy atom. The van der Waals surface area contributed by atoms with Crippen molar-refractivity contribution in [3.8, 4) is 0 Å². The Bertz CT molecular complexity index is 231. The van der Waals surface area contributed by atoms with E-state index in [1.807, 2.05) is 0 Å². The summed E-state index contributed by atoms with van der Waals surface area (Å²) in [5, 5.41) is 2.94. The molecule has 0 heterocycles. The maximum absolute atomic E-state index is 12.5. The van der Waals surface area contributed by atoms with Crippen molar-refractivity contribution in [2.45, 2.75) is 6.23 Å². The highest BCUT2D eigenvalue weighted by Gasteiger charge is 2.05. The summed E-state index contributed by atoms with van der Waals surface area (Å²) in [4.78, 5) is 0. The highest BCUT2D eigenvalue weighted by Crippen LogP contribution is 2.12. The number of methoxy groups -OCH3 is 1. The molecule has 0 bridgehead atoms. The van der Waals surface area contributed by atoms with Gasteiger partial charge in [-0.2, -0.15) is 0 Å². The molecule has 12 heavy (non-hydrogen) atoms. The van der Waals surface area contributed by atoms with Gasteiger partial charge in [0.15, 0.2) is 0 Å². The molecule has 1 aromatic carbocycles. The van der Waals surface area contributed by atoms with Gasteiger partial charge < -0.3 is 4.74 Å². The van der Waals surface area contributed by atoms with E-state index in [4.69, 9.17) is 4.74 Å². The van der Waals surface area contributed by atoms with Crippen molar-refractivity contribution in [3.05, 3.63) is 35.6 Å². The molecular weight excluding hydrogens is 157 g/mol. The lowest BCUT2D eigenvalue weighted by atomic mass is 10.2. The number of nitrogens with one attached hydrogen (secondary N) is 1. The van der Waals surface area contributed by atoms with Crippen molar-refractivity contribution in [3.63, 3.8) is 0 Å². The Kier molecular flexibility index (Phi) is 3.19. The van der Waals surface area contributed by atoms with Gasteiger partial charge in [-0.25, -0.2) is 4.39 Å². The zero-order valence-corrected chi connectivity index (χ0v) is 7.17. The second-order valence-electron chi connectivity index (χ2n) is 2.46. The summed E-state index contributed by atoms with van der Waals surface area (Å²) in [5.41, 5.74) is 0.918. The average Bonchev–Trinajstić information content (AvgIpc) is 2.10. The molecule has 0 aliphatic carbocycles. The van der Waals surface area contributed by atoms with Crippen LogP contribution in [0.25, 0.3) is 0 Å². The largest absolute Gasteiger partial charge is 0.362 e. The second kappa shape index (κ2) is 4.18. The van der Waals surface area contributed by atoms with Crippen LogP contribution in [-0.2, 0) is 4.74 Å². The lowest BCUT2D eigenvalue weighted by Crippen LogP contribution is -2.17. The minimum absolute atomic E-state index is 0.161. The third-order valence-electron chi connectivity index (χ3n) is 1.67. The number of benzene rings is 1. The van der Waals surface area contributed by atoms with Crippen LogP contribution in [0.1, 0.15) is 11.8 Å². The fraction of sp³-hybridized carbons (Fsp3) is 0.333. The topological polar surface area (TPSA) is 21.3 Å². The Hall–Kier alpha value is -0.930. The normalized spacial score (nSPS) is 12.9. The molecule has 2 nitrogen and oxygen atoms in total. The van der Waals surface area contributed by atoms with Crippen molar-refractivity contribution in [2.75, 3.05) is 14.2 Å². The molecule has 1 atom stereocenters. The maximum atomic E-state index is 12.5. The third kappa shape index (κ3) is 2.03. The minimum Gasteiger partial charge on any atom is -0.362 e. The van der Waals surface area contributed by atoms with Crippen molar-refractivity contribution in [1.82, 2.24) is 5.32 Å². The Morgan fingerprint density at radius 2 is 1.92 bits per heavy atom. The van der Waals surface area contributed by atoms with Gasteiger partial charge in [0, 0.05) is 7.11 Å². The van der Waals surface area contributed by atoms with E-state index in [9.17, 15) is 4.39 Å². The van der Waals surface area contributed by atoms with E-state index < -0.39 is 0 Å². The monoisotopic (exact) mass is 169 g/mol. The SMILES string of the molecule is CNC(OC)c1ccc(F)cc1. The van der Waals surface area contributed by atoms with Crippen molar-refractivity contribution >= 4 is 0 Å². The number of hydrogen-bond donors (Lipinski definition) is 1. The minimum atomic E-state index is -0.232. The van der Waals surface area contributed by atoms with E-state index in [0.29, 0.717) is 0 Å². The predicted molar refractivity (Wildman–Crippen MR) is 45.2 cm³/mol. The van der Waals surface area contributed by atoms with Crippen LogP contribution in [0.15, 0.2) is 24.3 Å². The van der Waals surface area contributed by atoms with Crippen LogP contribution in [0.5, 0.6) is 0 Å². The highest BCUT2D eigenvalue weighted by molar-refractivity contribution is 5.18. The summed E-state index contributed by atoms with van der Waals surface area (Å²) in [7, 11) is 3.39. The van der Waals surface area contributed by atoms with Crippen LogP contribution in [0.4, 0.5) is 4.39 Å². The van der Waals surface area contributed by atoms with Gasteiger partial charge >= 0.3 is 0 Å². The van der Waals surface area contributed by atoms with Crippen molar-refractivity contribution < 1.29 is 9.13 Å². The molecule has 3 heteroatoms. The molecule has 0 fully saturated rings. The van der Waals surface area contributed by atoms with Gasteiger partial charge in [-0.3, -0.25) is 5.32 Å². The predicted octanol–water partition coefficient (Wildman–Crippen LogP) is 1.69. The van der Waals surface area contributed by atoms with E-state index in [2.05, 4.69) is 5.32 Å². The second-order valence-corrected chi connectivity index (χ2v) is 2.46. The van der Waals surface area contributed by atoms with Crippen molar-refractivity contribution in [2.24, 2.45) is 0 Å². The van der Waals surface area contributed by atoms with Crippen LogP contribution < -0.4 is 5.32 Å². The molecular formula is C9H12FNO. The molecule has 0 radical (unpaired) electrons. The Labute approximate surface area is 71.4 Å². The smallest absolute Gasteiger partial charge is 0.133 e. The van der Waals surface area contributed by atoms with E-state index in [0.717, 1.165) is 5.56 Å². The highest BCUT2D eigenvalue weighted by atomic mass is 19.1. The quantitative estimate of drug-likeness (QED) is 0.695. The molecule has 0 saturated carbocycles. The molecule has 0 saturated heterocycles. The number of hydrogen-bond acceptors (Lipinski definition) is 2. The van der Waals surface area contributed by atoms with Crippen LogP contribution in [-0.4, -0.2) is 14.2 Å². The molecule has 1 rings (SSSR count). The number of rotatable bonds is 3. The summed E-state index contributed by atoms with van der Waals surface area (Å²) in [5.74, 6) is -0.232. The van der Waals surface area contributed by atoms with Crippen molar-refractivity contribution in [1.29, 1.82) is 0 Å². The first-order chi connectivity index (χ1) is 5.77. The van der Waals surface area contributed by atoms with Gasteiger partial charge in [0.1, 0.15) is 12.0 Å². The molecule has 66 valence electrons. The van der Waals surface area contributed by atoms with Gasteiger partial charge in [0.2, 0.25) is 0 Å². The summed E-state index contributed by atoms with van der Waals surface area (Å²) >= 11 is 0. The van der Waals surface area contributed by atoms with Crippen LogP contribution in [0, 0.1) is 5.82 Å². The van der Waals surface area contributed by atoms with Gasteiger partial charge in [0.25, 0.3) is 0 Å². The Morgan fingerprint density at radius 1 is 1.33 bits per heavy atom. The molecule has 0 aliphatic rings. The summed E-state index contributed by atoms with van der Waals surface area (Å²) in [6.07, 6.45) is -0.161. The summed E-state index contributed by atoms with van der Waals surface area (Å²) in [6.45, 7) is 0. The fourth-order valence-electron chi connectivity index (χ4n) is 1.06. The Balaban J connectivity index is 2.80. The van der Waals surface area contributed by atoms with Gasteiger partial charge in [-0.1, -0.05) is 12.1 Å². The van der Waals surface area contributed by atoms with Gasteiger partial charge in [-0.05, 0) is 24.7 Å². The first-order valence-electron chi connectivity index (χ1n) is 3.73. The standard InChI is InChI=1S/C9H12FNO/c1-11-9(12-2)7-3-5-8(10)6-4-7/h3-6,9,11H,1-2H3. The zero-order valence-electron chi connectivity index (χ0n) is 7.17. The molecule has 1 aromatic rings. The summed E-state index contributed by atoms with van der Waals surface area (Å²) in [6, 6.07) is 6.22. The number of ether oxygens (including phenoxy) is 1. The fourth-order valence-corrected chi connectivity index (χ4v) is 1.06. The molecule has 1 unspecified atom stereocenters. The third-order valence-corrected chi connectivity index (χ3v) is 1.67. The maximum Gasteiger partial charge on any atom is 0.133 e. The molecule has 0 aromatic heterocycles. The van der Waals surface area contributed by atoms with Gasteiger partial charge in [0.05, 0.1) is 0 Å². The average molecular weight is 169 g/mol. The molecule has 1 N–H and O–H groups in total. The molecule has 0 aliphatic heterocycles. The first-order valence-corrected chi connectivity index (χ1v) is 3.73. The van der Waals surface area contributed by atoms with Crippen LogP contribution in [0.2, 0.25) is 0 Å². The summed E-state index contributed by atoms with van der Waals surface area (Å²) < 4.78 is 17.6. The molecule has 0 amide bonds. The van der Waals surface area contributed by atoms with Crippen LogP contribution in [0.3, 0.4) is 0 Å². The molecule has 0 spiro atoms. The lowest BCUT2D eigenvalue weighted by Gasteiger charge is -2.13. The van der Waals surface area contributed by atoms with E-state index in [1.165, 1.54) is 12.1 Å². The van der Waals surface area contributed by atoms with Gasteiger partial charge in [-0.15, -0.1) is 0 Å². The van der Waals surface area contributed by atoms with Crippen LogP contribution >= 0.6 is 0 Å². The van der Waals surface area contributed by atoms with E-state index in [-0.39, 0.29) is 12.0 Å². The van der Waals surface area contributed by atoms with E-state index in [1.54, 1.807) is 26.3 Å². The lowest BCUT2D eigenvalue weighted by molar-refractivity contribution is 0.0808.